The summed E-state index contributed by atoms with van der Waals surface area (Å²) in [5.74, 6) is 0.200. The third kappa shape index (κ3) is 3.55. The van der Waals surface area contributed by atoms with Crippen LogP contribution in [0.4, 0.5) is 5.69 Å². The number of aromatic nitrogens is 2. The van der Waals surface area contributed by atoms with Crippen LogP contribution in [-0.4, -0.2) is 15.5 Å². The molecule has 1 amide bonds. The Morgan fingerprint density at radius 2 is 1.71 bits per heavy atom. The predicted molar refractivity (Wildman–Crippen MR) is 111 cm³/mol. The minimum absolute atomic E-state index is 0.116. The Labute approximate surface area is 162 Å². The van der Waals surface area contributed by atoms with Crippen molar-refractivity contribution in [2.24, 2.45) is 0 Å². The summed E-state index contributed by atoms with van der Waals surface area (Å²) in [6, 6.07) is 24.2. The van der Waals surface area contributed by atoms with Gasteiger partial charge < -0.3 is 5.32 Å². The molecule has 0 spiro atoms. The zero-order valence-corrected chi connectivity index (χ0v) is 15.4. The zero-order valence-electron chi connectivity index (χ0n) is 15.4. The smallest absolute Gasteiger partial charge is 0.262 e. The number of aryl methyl sites for hydroxylation is 1. The monoisotopic (exact) mass is 369 g/mol. The first-order chi connectivity index (χ1) is 13.6. The van der Waals surface area contributed by atoms with Gasteiger partial charge in [-0.05, 0) is 36.8 Å². The van der Waals surface area contributed by atoms with E-state index in [-0.39, 0.29) is 18.0 Å². The molecular weight excluding hydrogens is 350 g/mol. The number of amides is 1. The highest BCUT2D eigenvalue weighted by atomic mass is 16.2. The van der Waals surface area contributed by atoms with E-state index in [1.165, 1.54) is 4.57 Å². The highest BCUT2D eigenvalue weighted by Gasteiger charge is 2.15. The van der Waals surface area contributed by atoms with E-state index in [0.717, 1.165) is 11.1 Å². The van der Waals surface area contributed by atoms with Crippen LogP contribution in [0.25, 0.3) is 22.3 Å². The highest BCUT2D eigenvalue weighted by molar-refractivity contribution is 5.91. The Morgan fingerprint density at radius 3 is 2.50 bits per heavy atom. The lowest BCUT2D eigenvalue weighted by atomic mass is 10.1. The molecule has 0 saturated carbocycles. The van der Waals surface area contributed by atoms with Gasteiger partial charge in [-0.1, -0.05) is 54.6 Å². The number of nitrogens with zero attached hydrogens (tertiary/aromatic N) is 2. The summed E-state index contributed by atoms with van der Waals surface area (Å²) in [4.78, 5) is 30.4. The Kier molecular flexibility index (Phi) is 4.72. The quantitative estimate of drug-likeness (QED) is 0.591. The molecule has 138 valence electrons. The molecule has 4 rings (SSSR count). The lowest BCUT2D eigenvalue weighted by Gasteiger charge is -2.14. The molecular formula is C23H19N3O2. The fourth-order valence-electron chi connectivity index (χ4n) is 3.19. The molecule has 1 heterocycles. The number of carbonyl (C=O) groups is 1. The van der Waals surface area contributed by atoms with Gasteiger partial charge in [0.15, 0.2) is 0 Å². The normalized spacial score (nSPS) is 10.8. The maximum atomic E-state index is 13.1. The van der Waals surface area contributed by atoms with Gasteiger partial charge in [-0.3, -0.25) is 14.2 Å². The molecule has 0 aliphatic heterocycles. The summed E-state index contributed by atoms with van der Waals surface area (Å²) >= 11 is 0. The van der Waals surface area contributed by atoms with Gasteiger partial charge in [-0.25, -0.2) is 4.98 Å². The van der Waals surface area contributed by atoms with Crippen molar-refractivity contribution in [3.05, 3.63) is 94.8 Å². The van der Waals surface area contributed by atoms with E-state index in [4.69, 9.17) is 0 Å². The van der Waals surface area contributed by atoms with Crippen LogP contribution in [-0.2, 0) is 11.3 Å². The Balaban J connectivity index is 1.77. The zero-order chi connectivity index (χ0) is 19.5. The molecule has 0 bridgehead atoms. The molecule has 0 radical (unpaired) electrons. The fraction of sp³-hybridized carbons (Fsp3) is 0.0870. The summed E-state index contributed by atoms with van der Waals surface area (Å²) in [7, 11) is 0. The highest BCUT2D eigenvalue weighted by Crippen LogP contribution is 2.19. The lowest BCUT2D eigenvalue weighted by molar-refractivity contribution is -0.116. The molecule has 0 aliphatic carbocycles. The van der Waals surface area contributed by atoms with Crippen LogP contribution < -0.4 is 10.9 Å². The van der Waals surface area contributed by atoms with Gasteiger partial charge in [0, 0.05) is 11.3 Å². The number of fused-ring (bicyclic) bond motifs is 1. The van der Waals surface area contributed by atoms with Crippen LogP contribution in [0, 0.1) is 6.92 Å². The molecule has 5 nitrogen and oxygen atoms in total. The molecule has 0 atom stereocenters. The summed E-state index contributed by atoms with van der Waals surface area (Å²) in [5, 5.41) is 3.35. The van der Waals surface area contributed by atoms with E-state index in [1.807, 2.05) is 67.6 Å². The average molecular weight is 369 g/mol. The predicted octanol–water partition coefficient (Wildman–Crippen LogP) is 4.01. The molecule has 0 unspecified atom stereocenters. The number of benzene rings is 3. The maximum Gasteiger partial charge on any atom is 0.262 e. The number of carbonyl (C=O) groups excluding carboxylic acids is 1. The van der Waals surface area contributed by atoms with Gasteiger partial charge in [0.25, 0.3) is 5.56 Å². The molecule has 5 heteroatoms. The summed E-state index contributed by atoms with van der Waals surface area (Å²) < 4.78 is 1.43. The number of rotatable bonds is 4. The molecule has 0 fully saturated rings. The van der Waals surface area contributed by atoms with Crippen LogP contribution in [0.5, 0.6) is 0 Å². The first-order valence-electron chi connectivity index (χ1n) is 9.03. The Bertz CT molecular complexity index is 1210. The Hall–Kier alpha value is -3.73. The van der Waals surface area contributed by atoms with E-state index in [9.17, 15) is 9.59 Å². The van der Waals surface area contributed by atoms with Crippen molar-refractivity contribution in [2.45, 2.75) is 13.5 Å². The number of hydrogen-bond acceptors (Lipinski definition) is 3. The maximum absolute atomic E-state index is 13.1. The van der Waals surface area contributed by atoms with Gasteiger partial charge >= 0.3 is 0 Å². The van der Waals surface area contributed by atoms with E-state index in [2.05, 4.69) is 10.3 Å². The first-order valence-corrected chi connectivity index (χ1v) is 9.03. The van der Waals surface area contributed by atoms with Gasteiger partial charge in [-0.2, -0.15) is 0 Å². The van der Waals surface area contributed by atoms with Gasteiger partial charge in [0.05, 0.1) is 10.9 Å². The summed E-state index contributed by atoms with van der Waals surface area (Å²) in [5.41, 5.74) is 2.92. The third-order valence-corrected chi connectivity index (χ3v) is 4.50. The SMILES string of the molecule is Cc1cccc(NC(=O)Cn2c(-c3ccccc3)nc3ccccc3c2=O)c1. The van der Waals surface area contributed by atoms with Crippen molar-refractivity contribution in [2.75, 3.05) is 5.32 Å². The van der Waals surface area contributed by atoms with Crippen molar-refractivity contribution in [1.82, 2.24) is 9.55 Å². The van der Waals surface area contributed by atoms with E-state index in [0.29, 0.717) is 22.4 Å². The van der Waals surface area contributed by atoms with Crippen LogP contribution in [0.1, 0.15) is 5.56 Å². The van der Waals surface area contributed by atoms with Crippen molar-refractivity contribution >= 4 is 22.5 Å². The second kappa shape index (κ2) is 7.48. The van der Waals surface area contributed by atoms with Crippen LogP contribution in [0.3, 0.4) is 0 Å². The number of para-hydroxylation sites is 1. The second-order valence-corrected chi connectivity index (χ2v) is 6.63. The topological polar surface area (TPSA) is 64.0 Å². The van der Waals surface area contributed by atoms with E-state index < -0.39 is 0 Å². The first kappa shape index (κ1) is 17.7. The van der Waals surface area contributed by atoms with Crippen molar-refractivity contribution in [3.8, 4) is 11.4 Å². The van der Waals surface area contributed by atoms with Crippen molar-refractivity contribution in [1.29, 1.82) is 0 Å². The number of anilines is 1. The van der Waals surface area contributed by atoms with Gasteiger partial charge in [-0.15, -0.1) is 0 Å². The molecule has 0 saturated heterocycles. The minimum Gasteiger partial charge on any atom is -0.325 e. The largest absolute Gasteiger partial charge is 0.325 e. The molecule has 3 aromatic carbocycles. The van der Waals surface area contributed by atoms with Crippen LogP contribution in [0.2, 0.25) is 0 Å². The van der Waals surface area contributed by atoms with E-state index in [1.54, 1.807) is 18.2 Å². The Morgan fingerprint density at radius 1 is 0.964 bits per heavy atom. The molecule has 1 aromatic heterocycles. The third-order valence-electron chi connectivity index (χ3n) is 4.50. The van der Waals surface area contributed by atoms with Gasteiger partial charge in [0.1, 0.15) is 12.4 Å². The fourth-order valence-corrected chi connectivity index (χ4v) is 3.19. The average Bonchev–Trinajstić information content (AvgIpc) is 2.70. The molecule has 28 heavy (non-hydrogen) atoms. The summed E-state index contributed by atoms with van der Waals surface area (Å²) in [6.07, 6.45) is 0. The standard InChI is InChI=1S/C23H19N3O2/c1-16-8-7-11-18(14-16)24-21(27)15-26-22(17-9-3-2-4-10-17)25-20-13-6-5-12-19(20)23(26)28/h2-14H,15H2,1H3,(H,24,27). The number of hydrogen-bond donors (Lipinski definition) is 1. The van der Waals surface area contributed by atoms with Crippen molar-refractivity contribution in [3.63, 3.8) is 0 Å². The van der Waals surface area contributed by atoms with Crippen LogP contribution >= 0.6 is 0 Å². The van der Waals surface area contributed by atoms with E-state index >= 15 is 0 Å². The minimum atomic E-state index is -0.276. The molecule has 4 aromatic rings. The molecule has 0 aliphatic rings. The van der Waals surface area contributed by atoms with Crippen molar-refractivity contribution < 1.29 is 4.79 Å². The lowest BCUT2D eigenvalue weighted by Crippen LogP contribution is -2.29. The van der Waals surface area contributed by atoms with Gasteiger partial charge in [0.2, 0.25) is 5.91 Å². The second-order valence-electron chi connectivity index (χ2n) is 6.63. The van der Waals surface area contributed by atoms with Crippen LogP contribution in [0.15, 0.2) is 83.7 Å². The number of nitrogens with one attached hydrogen (secondary N) is 1. The summed E-state index contributed by atoms with van der Waals surface area (Å²) in [6.45, 7) is 1.84. The molecule has 1 N–H and O–H groups in total.